The van der Waals surface area contributed by atoms with E-state index in [9.17, 15) is 13.6 Å². The summed E-state index contributed by atoms with van der Waals surface area (Å²) in [6.07, 6.45) is 7.55. The van der Waals surface area contributed by atoms with Crippen LogP contribution in [0.5, 0.6) is 5.75 Å². The lowest BCUT2D eigenvalue weighted by atomic mass is 9.95. The molecule has 1 saturated heterocycles. The molecule has 2 heterocycles. The number of carbonyl (C=O) groups excluding carboxylic acids is 1. The van der Waals surface area contributed by atoms with Crippen LogP contribution in [-0.2, 0) is 6.61 Å². The summed E-state index contributed by atoms with van der Waals surface area (Å²) in [6, 6.07) is 5.29. The lowest BCUT2D eigenvalue weighted by molar-refractivity contribution is 0.0915. The molecular weight excluding hydrogens is 392 g/mol. The number of halogens is 2. The zero-order valence-corrected chi connectivity index (χ0v) is 16.9. The van der Waals surface area contributed by atoms with Crippen molar-refractivity contribution < 1.29 is 22.8 Å². The second-order valence-electron chi connectivity index (χ2n) is 8.17. The highest BCUT2D eigenvalue weighted by Crippen LogP contribution is 2.27. The first kappa shape index (κ1) is 20.8. The number of rotatable bonds is 7. The van der Waals surface area contributed by atoms with E-state index in [-0.39, 0.29) is 29.7 Å². The Hall–Kier alpha value is -2.48. The predicted octanol–water partition coefficient (Wildman–Crippen LogP) is 3.92. The van der Waals surface area contributed by atoms with Crippen molar-refractivity contribution in [3.8, 4) is 5.75 Å². The Balaban J connectivity index is 1.20. The normalized spacial score (nSPS) is 18.6. The van der Waals surface area contributed by atoms with Gasteiger partial charge >= 0.3 is 0 Å². The molecule has 1 saturated carbocycles. The fourth-order valence-electron chi connectivity index (χ4n) is 4.35. The van der Waals surface area contributed by atoms with Crippen molar-refractivity contribution in [3.05, 3.63) is 47.4 Å². The summed E-state index contributed by atoms with van der Waals surface area (Å²) in [6.45, 7) is 2.73. The van der Waals surface area contributed by atoms with E-state index in [0.29, 0.717) is 12.5 Å². The smallest absolute Gasteiger partial charge is 0.273 e. The second-order valence-corrected chi connectivity index (χ2v) is 8.17. The lowest BCUT2D eigenvalue weighted by Crippen LogP contribution is -2.42. The molecule has 0 bridgehead atoms. The molecule has 1 aliphatic heterocycles. The molecule has 0 unspecified atom stereocenters. The van der Waals surface area contributed by atoms with Crippen molar-refractivity contribution in [3.63, 3.8) is 0 Å². The highest BCUT2D eigenvalue weighted by Gasteiger charge is 2.27. The fourth-order valence-corrected chi connectivity index (χ4v) is 4.35. The molecule has 2 aromatic rings. The number of piperidine rings is 1. The molecule has 1 aliphatic carbocycles. The van der Waals surface area contributed by atoms with Gasteiger partial charge in [0.05, 0.1) is 0 Å². The lowest BCUT2D eigenvalue weighted by Gasteiger charge is -2.36. The standard InChI is InChI=1S/C22H27F2N3O3/c23-16-5-6-21(19(24)11-16)29-14-18-12-20(26-30-18)22(28)25-13-15-7-9-27(10-8-15)17-3-1-2-4-17/h5-6,11-12,15,17H,1-4,7-10,13-14H2,(H,25,28). The van der Waals surface area contributed by atoms with E-state index in [0.717, 1.165) is 44.1 Å². The van der Waals surface area contributed by atoms with Crippen molar-refractivity contribution in [1.82, 2.24) is 15.4 Å². The summed E-state index contributed by atoms with van der Waals surface area (Å²) in [4.78, 5) is 15.0. The van der Waals surface area contributed by atoms with E-state index in [1.165, 1.54) is 37.8 Å². The first-order valence-corrected chi connectivity index (χ1v) is 10.6. The maximum Gasteiger partial charge on any atom is 0.273 e. The van der Waals surface area contributed by atoms with Crippen molar-refractivity contribution in [2.45, 2.75) is 51.2 Å². The summed E-state index contributed by atoms with van der Waals surface area (Å²) in [5.74, 6) is -1.11. The van der Waals surface area contributed by atoms with Crippen LogP contribution in [0.1, 0.15) is 54.8 Å². The van der Waals surface area contributed by atoms with E-state index in [1.54, 1.807) is 0 Å². The van der Waals surface area contributed by atoms with Crippen LogP contribution >= 0.6 is 0 Å². The Bertz CT molecular complexity index is 859. The monoisotopic (exact) mass is 419 g/mol. The minimum absolute atomic E-state index is 0.0947. The summed E-state index contributed by atoms with van der Waals surface area (Å²) in [7, 11) is 0. The topological polar surface area (TPSA) is 67.6 Å². The number of hydrogen-bond acceptors (Lipinski definition) is 5. The maximum absolute atomic E-state index is 13.6. The van der Waals surface area contributed by atoms with E-state index in [1.807, 2.05) is 0 Å². The maximum atomic E-state index is 13.6. The third-order valence-electron chi connectivity index (χ3n) is 6.10. The average Bonchev–Trinajstić information content (AvgIpc) is 3.44. The van der Waals surface area contributed by atoms with Crippen LogP contribution in [0.3, 0.4) is 0 Å². The number of hydrogen-bond donors (Lipinski definition) is 1. The van der Waals surface area contributed by atoms with Gasteiger partial charge in [0.2, 0.25) is 0 Å². The number of nitrogens with one attached hydrogen (secondary N) is 1. The Morgan fingerprint density at radius 3 is 2.67 bits per heavy atom. The van der Waals surface area contributed by atoms with Crippen LogP contribution in [0.25, 0.3) is 0 Å². The van der Waals surface area contributed by atoms with Gasteiger partial charge in [0.1, 0.15) is 12.4 Å². The van der Waals surface area contributed by atoms with E-state index in [4.69, 9.17) is 9.26 Å². The van der Waals surface area contributed by atoms with Crippen LogP contribution in [0, 0.1) is 17.6 Å². The van der Waals surface area contributed by atoms with Gasteiger partial charge in [0, 0.05) is 24.7 Å². The molecule has 0 radical (unpaired) electrons. The largest absolute Gasteiger partial charge is 0.482 e. The van der Waals surface area contributed by atoms with Crippen LogP contribution in [-0.4, -0.2) is 41.6 Å². The van der Waals surface area contributed by atoms with Crippen molar-refractivity contribution in [2.24, 2.45) is 5.92 Å². The predicted molar refractivity (Wildman–Crippen MR) is 106 cm³/mol. The van der Waals surface area contributed by atoms with Crippen LogP contribution in [0.4, 0.5) is 8.78 Å². The van der Waals surface area contributed by atoms with Gasteiger partial charge < -0.3 is 19.5 Å². The molecular formula is C22H27F2N3O3. The number of carbonyl (C=O) groups is 1. The molecule has 162 valence electrons. The van der Waals surface area contributed by atoms with Crippen LogP contribution < -0.4 is 10.1 Å². The molecule has 4 rings (SSSR count). The number of likely N-dealkylation sites (tertiary alicyclic amines) is 1. The molecule has 1 aromatic carbocycles. The summed E-state index contributed by atoms with van der Waals surface area (Å²) >= 11 is 0. The fraction of sp³-hybridized carbons (Fsp3) is 0.545. The van der Waals surface area contributed by atoms with Gasteiger partial charge in [-0.3, -0.25) is 4.79 Å². The van der Waals surface area contributed by atoms with Gasteiger partial charge in [-0.1, -0.05) is 18.0 Å². The molecule has 0 spiro atoms. The van der Waals surface area contributed by atoms with E-state index >= 15 is 0 Å². The number of benzene rings is 1. The molecule has 6 nitrogen and oxygen atoms in total. The van der Waals surface area contributed by atoms with Crippen molar-refractivity contribution >= 4 is 5.91 Å². The number of amides is 1. The Morgan fingerprint density at radius 2 is 1.93 bits per heavy atom. The third-order valence-corrected chi connectivity index (χ3v) is 6.10. The SMILES string of the molecule is O=C(NCC1CCN(C2CCCC2)CC1)c1cc(COc2ccc(F)cc2F)on1. The molecule has 1 amide bonds. The van der Waals surface area contributed by atoms with Gasteiger partial charge in [-0.2, -0.15) is 0 Å². The van der Waals surface area contributed by atoms with Gasteiger partial charge in [0.15, 0.2) is 23.0 Å². The van der Waals surface area contributed by atoms with E-state index in [2.05, 4.69) is 15.4 Å². The Morgan fingerprint density at radius 1 is 1.17 bits per heavy atom. The molecule has 2 aliphatic rings. The number of nitrogens with zero attached hydrogens (tertiary/aromatic N) is 2. The summed E-state index contributed by atoms with van der Waals surface area (Å²) < 4.78 is 36.9. The minimum Gasteiger partial charge on any atom is -0.482 e. The second kappa shape index (κ2) is 9.55. The van der Waals surface area contributed by atoms with Gasteiger partial charge in [-0.05, 0) is 56.8 Å². The Kier molecular flexibility index (Phi) is 6.62. The molecule has 30 heavy (non-hydrogen) atoms. The average molecular weight is 419 g/mol. The summed E-state index contributed by atoms with van der Waals surface area (Å²) in [5, 5.41) is 6.70. The minimum atomic E-state index is -0.800. The third kappa shape index (κ3) is 5.16. The van der Waals surface area contributed by atoms with Gasteiger partial charge in [-0.15, -0.1) is 0 Å². The molecule has 2 fully saturated rings. The van der Waals surface area contributed by atoms with Gasteiger partial charge in [0.25, 0.3) is 5.91 Å². The molecule has 0 atom stereocenters. The zero-order chi connectivity index (χ0) is 20.9. The highest BCUT2D eigenvalue weighted by molar-refractivity contribution is 5.92. The van der Waals surface area contributed by atoms with Crippen LogP contribution in [0.15, 0.2) is 28.8 Å². The highest BCUT2D eigenvalue weighted by atomic mass is 19.1. The number of ether oxygens (including phenoxy) is 1. The van der Waals surface area contributed by atoms with E-state index < -0.39 is 11.6 Å². The Labute approximate surface area is 174 Å². The summed E-state index contributed by atoms with van der Waals surface area (Å²) in [5.41, 5.74) is 0.163. The van der Waals surface area contributed by atoms with Crippen molar-refractivity contribution in [2.75, 3.05) is 19.6 Å². The first-order chi connectivity index (χ1) is 14.6. The zero-order valence-electron chi connectivity index (χ0n) is 16.9. The first-order valence-electron chi connectivity index (χ1n) is 10.6. The van der Waals surface area contributed by atoms with Gasteiger partial charge in [-0.25, -0.2) is 8.78 Å². The quantitative estimate of drug-likeness (QED) is 0.737. The van der Waals surface area contributed by atoms with Crippen molar-refractivity contribution in [1.29, 1.82) is 0 Å². The van der Waals surface area contributed by atoms with Crippen LogP contribution in [0.2, 0.25) is 0 Å². The molecule has 1 N–H and O–H groups in total. The molecule has 1 aromatic heterocycles. The number of aromatic nitrogens is 1. The molecule has 8 heteroatoms.